The van der Waals surface area contributed by atoms with Crippen LogP contribution in [0.5, 0.6) is 0 Å². The van der Waals surface area contributed by atoms with Crippen molar-refractivity contribution in [3.63, 3.8) is 0 Å². The van der Waals surface area contributed by atoms with Gasteiger partial charge in [0.2, 0.25) is 0 Å². The predicted molar refractivity (Wildman–Crippen MR) is 80.3 cm³/mol. The zero-order chi connectivity index (χ0) is 18.0. The van der Waals surface area contributed by atoms with E-state index in [1.807, 2.05) is 0 Å². The van der Waals surface area contributed by atoms with Crippen molar-refractivity contribution in [2.75, 3.05) is 6.61 Å². The first-order valence-electron chi connectivity index (χ1n) is 7.26. The second kappa shape index (κ2) is 7.12. The highest BCUT2D eigenvalue weighted by atomic mass is 16.6. The molecule has 1 amide bonds. The molecule has 0 aromatic heterocycles. The van der Waals surface area contributed by atoms with Crippen LogP contribution in [0, 0.1) is 11.3 Å². The number of nitrogens with two attached hydrogens (primary N) is 3. The lowest BCUT2D eigenvalue weighted by Gasteiger charge is -2.26. The summed E-state index contributed by atoms with van der Waals surface area (Å²) in [5.74, 6) is 4.77. The lowest BCUT2D eigenvalue weighted by molar-refractivity contribution is -0.146. The second-order valence-corrected chi connectivity index (χ2v) is 5.59. The fourth-order valence-electron chi connectivity index (χ4n) is 2.16. The fraction of sp³-hybridized carbons (Fsp3) is 0.615. The molecule has 1 saturated heterocycles. The maximum atomic E-state index is 12.6. The minimum absolute atomic E-state index is 0.118. The molecule has 24 heavy (non-hydrogen) atoms. The van der Waals surface area contributed by atoms with Crippen LogP contribution in [0.1, 0.15) is 12.8 Å². The molecular formula is C13H20N6O5. The molecule has 0 aromatic rings. The summed E-state index contributed by atoms with van der Waals surface area (Å²) in [4.78, 5) is 16.7. The van der Waals surface area contributed by atoms with Gasteiger partial charge >= 0.3 is 0 Å². The Hall–Kier alpha value is -2.23. The number of nitrogens with zero attached hydrogens (tertiary/aromatic N) is 3. The summed E-state index contributed by atoms with van der Waals surface area (Å²) >= 11 is 0. The molecule has 4 atom stereocenters. The average Bonchev–Trinajstić information content (AvgIpc) is 3.36. The largest absolute Gasteiger partial charge is 0.395 e. The van der Waals surface area contributed by atoms with Crippen molar-refractivity contribution in [1.82, 2.24) is 5.01 Å². The van der Waals surface area contributed by atoms with Gasteiger partial charge < -0.3 is 31.5 Å². The van der Waals surface area contributed by atoms with E-state index in [-0.39, 0.29) is 17.5 Å². The van der Waals surface area contributed by atoms with Crippen molar-refractivity contribution in [3.8, 4) is 6.07 Å². The number of hydrazine groups is 1. The number of allylic oxidation sites excluding steroid dienone is 1. The summed E-state index contributed by atoms with van der Waals surface area (Å²) < 4.78 is 5.18. The molecule has 1 saturated carbocycles. The monoisotopic (exact) mass is 340 g/mol. The van der Waals surface area contributed by atoms with E-state index in [0.29, 0.717) is 5.01 Å². The summed E-state index contributed by atoms with van der Waals surface area (Å²) in [5, 5.41) is 38.1. The van der Waals surface area contributed by atoms with E-state index in [9.17, 15) is 15.0 Å². The van der Waals surface area contributed by atoms with Gasteiger partial charge in [0.25, 0.3) is 5.91 Å². The minimum atomic E-state index is -1.53. The zero-order valence-corrected chi connectivity index (χ0v) is 12.7. The summed E-state index contributed by atoms with van der Waals surface area (Å²) in [6.45, 7) is -0.566. The molecule has 1 aliphatic heterocycles. The topological polar surface area (TPSA) is 204 Å². The quantitative estimate of drug-likeness (QED) is 0.0959. The Morgan fingerprint density at radius 2 is 1.96 bits per heavy atom. The molecule has 132 valence electrons. The van der Waals surface area contributed by atoms with Gasteiger partial charge in [-0.05, 0) is 12.8 Å². The number of hydrogen-bond donors (Lipinski definition) is 6. The van der Waals surface area contributed by atoms with Crippen LogP contribution in [-0.2, 0) is 9.53 Å². The average molecular weight is 340 g/mol. The van der Waals surface area contributed by atoms with E-state index in [1.54, 1.807) is 6.07 Å². The Morgan fingerprint density at radius 3 is 2.42 bits per heavy atom. The minimum Gasteiger partial charge on any atom is -0.395 e. The third-order valence-electron chi connectivity index (χ3n) is 3.75. The van der Waals surface area contributed by atoms with Gasteiger partial charge in [-0.2, -0.15) is 5.26 Å². The first-order chi connectivity index (χ1) is 11.3. The molecule has 11 heteroatoms. The SMILES string of the molecule is N#CC(N)=C(N)C(=NC1CC1)C(=O)N(N)C1OC(CO)C(O)C1O. The van der Waals surface area contributed by atoms with Crippen molar-refractivity contribution in [1.29, 1.82) is 5.26 Å². The van der Waals surface area contributed by atoms with E-state index in [1.165, 1.54) is 0 Å². The van der Waals surface area contributed by atoms with Gasteiger partial charge in [-0.3, -0.25) is 9.79 Å². The Labute approximate surface area is 137 Å². The fourth-order valence-corrected chi connectivity index (χ4v) is 2.16. The Balaban J connectivity index is 2.25. The highest BCUT2D eigenvalue weighted by Gasteiger charge is 2.46. The van der Waals surface area contributed by atoms with Crippen LogP contribution in [0.2, 0.25) is 0 Å². The molecule has 0 radical (unpaired) electrons. The van der Waals surface area contributed by atoms with Gasteiger partial charge in [0.15, 0.2) is 11.9 Å². The number of amides is 1. The van der Waals surface area contributed by atoms with Crippen LogP contribution in [0.3, 0.4) is 0 Å². The summed E-state index contributed by atoms with van der Waals surface area (Å²) in [6, 6.07) is 1.50. The first-order valence-corrected chi connectivity index (χ1v) is 7.26. The van der Waals surface area contributed by atoms with Crippen LogP contribution in [-0.4, -0.2) is 69.1 Å². The molecule has 0 spiro atoms. The summed E-state index contributed by atoms with van der Waals surface area (Å²) in [5.41, 5.74) is 10.1. The molecule has 0 bridgehead atoms. The highest BCUT2D eigenvalue weighted by molar-refractivity contribution is 6.45. The van der Waals surface area contributed by atoms with Gasteiger partial charge in [-0.15, -0.1) is 0 Å². The van der Waals surface area contributed by atoms with E-state index < -0.39 is 42.8 Å². The molecule has 11 nitrogen and oxygen atoms in total. The number of aliphatic hydroxyl groups excluding tert-OH is 3. The third kappa shape index (κ3) is 3.48. The molecular weight excluding hydrogens is 320 g/mol. The van der Waals surface area contributed by atoms with Crippen molar-refractivity contribution in [2.45, 2.75) is 43.4 Å². The predicted octanol–water partition coefficient (Wildman–Crippen LogP) is -3.62. The number of ether oxygens (including phenoxy) is 1. The number of hydrogen-bond acceptors (Lipinski definition) is 10. The standard InChI is InChI=1S/C13H20N6O5/c14-3-6(15)8(16)9(18-5-1-2-5)12(23)19(17)13-11(22)10(21)7(4-20)24-13/h5,7,10-11,13,20-22H,1-2,4,15-17H2. The van der Waals surface area contributed by atoms with Gasteiger partial charge in [0.05, 0.1) is 18.3 Å². The lowest BCUT2D eigenvalue weighted by Crippen LogP contribution is -2.54. The maximum absolute atomic E-state index is 12.6. The van der Waals surface area contributed by atoms with Gasteiger partial charge in [-0.1, -0.05) is 0 Å². The smallest absolute Gasteiger partial charge is 0.290 e. The number of carbonyl (C=O) groups excluding carboxylic acids is 1. The van der Waals surface area contributed by atoms with Crippen LogP contribution in [0.25, 0.3) is 0 Å². The lowest BCUT2D eigenvalue weighted by atomic mass is 10.1. The molecule has 0 aromatic carbocycles. The normalized spacial score (nSPS) is 31.4. The van der Waals surface area contributed by atoms with Crippen LogP contribution in [0.15, 0.2) is 16.4 Å². The van der Waals surface area contributed by atoms with E-state index >= 15 is 0 Å². The Bertz CT molecular complexity index is 610. The Morgan fingerprint density at radius 1 is 1.33 bits per heavy atom. The van der Waals surface area contributed by atoms with Crippen molar-refractivity contribution >= 4 is 11.6 Å². The van der Waals surface area contributed by atoms with Gasteiger partial charge in [0.1, 0.15) is 30.1 Å². The summed E-state index contributed by atoms with van der Waals surface area (Å²) in [7, 11) is 0. The number of nitriles is 1. The molecule has 2 aliphatic rings. The van der Waals surface area contributed by atoms with E-state index in [4.69, 9.17) is 32.4 Å². The van der Waals surface area contributed by atoms with Crippen LogP contribution >= 0.6 is 0 Å². The zero-order valence-electron chi connectivity index (χ0n) is 12.7. The number of aliphatic imine (C=N–C) groups is 1. The highest BCUT2D eigenvalue weighted by Crippen LogP contribution is 2.26. The first kappa shape index (κ1) is 18.1. The third-order valence-corrected chi connectivity index (χ3v) is 3.75. The van der Waals surface area contributed by atoms with Crippen molar-refractivity contribution < 1.29 is 24.9 Å². The molecule has 1 heterocycles. The van der Waals surface area contributed by atoms with E-state index in [0.717, 1.165) is 12.8 Å². The van der Waals surface area contributed by atoms with Crippen LogP contribution < -0.4 is 17.3 Å². The molecule has 1 aliphatic carbocycles. The number of aliphatic hydroxyl groups is 3. The molecule has 4 unspecified atom stereocenters. The van der Waals surface area contributed by atoms with Crippen molar-refractivity contribution in [2.24, 2.45) is 22.3 Å². The van der Waals surface area contributed by atoms with Crippen molar-refractivity contribution in [3.05, 3.63) is 11.4 Å². The molecule has 2 rings (SSSR count). The van der Waals surface area contributed by atoms with Crippen LogP contribution in [0.4, 0.5) is 0 Å². The van der Waals surface area contributed by atoms with Gasteiger partial charge in [0, 0.05) is 0 Å². The number of rotatable bonds is 5. The molecule has 2 fully saturated rings. The maximum Gasteiger partial charge on any atom is 0.290 e. The summed E-state index contributed by atoms with van der Waals surface area (Å²) in [6.07, 6.45) is -3.93. The van der Waals surface area contributed by atoms with Gasteiger partial charge in [-0.25, -0.2) is 10.9 Å². The second-order valence-electron chi connectivity index (χ2n) is 5.59. The molecule has 9 N–H and O–H groups in total. The number of carbonyl (C=O) groups is 1. The Kier molecular flexibility index (Phi) is 5.37. The van der Waals surface area contributed by atoms with E-state index in [2.05, 4.69) is 4.99 Å².